The lowest BCUT2D eigenvalue weighted by Crippen LogP contribution is -2.25. The number of rotatable bonds is 5. The number of methoxy groups -OCH3 is 1. The third-order valence-corrected chi connectivity index (χ3v) is 2.70. The van der Waals surface area contributed by atoms with Gasteiger partial charge < -0.3 is 14.5 Å². The molecule has 5 heteroatoms. The summed E-state index contributed by atoms with van der Waals surface area (Å²) in [5.41, 5.74) is 1.13. The van der Waals surface area contributed by atoms with E-state index in [0.29, 0.717) is 12.4 Å². The normalized spacial score (nSPS) is 10.2. The van der Waals surface area contributed by atoms with Crippen LogP contribution in [0.1, 0.15) is 22.0 Å². The molecule has 1 aromatic heterocycles. The van der Waals surface area contributed by atoms with E-state index in [1.165, 1.54) is 6.20 Å². The van der Waals surface area contributed by atoms with E-state index in [-0.39, 0.29) is 11.7 Å². The van der Waals surface area contributed by atoms with Crippen molar-refractivity contribution in [3.63, 3.8) is 0 Å². The fraction of sp³-hybridized carbons (Fsp3) is 0.286. The Hall–Kier alpha value is -2.30. The first-order valence-electron chi connectivity index (χ1n) is 6.02. The molecular weight excluding hydrogens is 244 g/mol. The van der Waals surface area contributed by atoms with Gasteiger partial charge in [-0.2, -0.15) is 0 Å². The number of nitrogens with one attached hydrogen (secondary N) is 1. The Morgan fingerprint density at radius 1 is 1.37 bits per heavy atom. The highest BCUT2D eigenvalue weighted by molar-refractivity contribution is 5.91. The van der Waals surface area contributed by atoms with E-state index in [9.17, 15) is 4.79 Å². The minimum Gasteiger partial charge on any atom is -0.497 e. The molecule has 5 nitrogen and oxygen atoms in total. The summed E-state index contributed by atoms with van der Waals surface area (Å²) in [6.45, 7) is 2.25. The van der Waals surface area contributed by atoms with Crippen LogP contribution in [-0.2, 0) is 6.42 Å². The van der Waals surface area contributed by atoms with Crippen LogP contribution in [0.2, 0.25) is 0 Å². The minimum absolute atomic E-state index is 0.242. The summed E-state index contributed by atoms with van der Waals surface area (Å²) < 4.78 is 10.2. The van der Waals surface area contributed by atoms with Crippen LogP contribution in [0.25, 0.3) is 0 Å². The van der Waals surface area contributed by atoms with Gasteiger partial charge in [-0.25, -0.2) is 4.98 Å². The van der Waals surface area contributed by atoms with Gasteiger partial charge in [-0.3, -0.25) is 4.79 Å². The van der Waals surface area contributed by atoms with Crippen LogP contribution in [0, 0.1) is 6.92 Å². The number of hydrogen-bond acceptors (Lipinski definition) is 4. The van der Waals surface area contributed by atoms with E-state index in [4.69, 9.17) is 9.15 Å². The Kier molecular flexibility index (Phi) is 4.18. The van der Waals surface area contributed by atoms with Gasteiger partial charge in [0.15, 0.2) is 5.89 Å². The predicted octanol–water partition coefficient (Wildman–Crippen LogP) is 1.96. The SMILES string of the molecule is COc1ccc(CCNC(=O)c2cnc(C)o2)cc1. The molecule has 19 heavy (non-hydrogen) atoms. The first-order chi connectivity index (χ1) is 9.19. The zero-order valence-electron chi connectivity index (χ0n) is 11.0. The van der Waals surface area contributed by atoms with Gasteiger partial charge in [0.25, 0.3) is 5.91 Å². The molecule has 0 saturated heterocycles. The van der Waals surface area contributed by atoms with E-state index in [1.807, 2.05) is 24.3 Å². The highest BCUT2D eigenvalue weighted by Crippen LogP contribution is 2.11. The summed E-state index contributed by atoms with van der Waals surface area (Å²) in [5, 5.41) is 2.79. The molecule has 1 N–H and O–H groups in total. The van der Waals surface area contributed by atoms with Crippen molar-refractivity contribution in [3.8, 4) is 5.75 Å². The van der Waals surface area contributed by atoms with E-state index in [2.05, 4.69) is 10.3 Å². The zero-order chi connectivity index (χ0) is 13.7. The van der Waals surface area contributed by atoms with Gasteiger partial charge in [0.2, 0.25) is 5.76 Å². The predicted molar refractivity (Wildman–Crippen MR) is 70.3 cm³/mol. The maximum absolute atomic E-state index is 11.7. The van der Waals surface area contributed by atoms with Crippen LogP contribution >= 0.6 is 0 Å². The third-order valence-electron chi connectivity index (χ3n) is 2.70. The quantitative estimate of drug-likeness (QED) is 0.892. The van der Waals surface area contributed by atoms with Crippen molar-refractivity contribution in [1.82, 2.24) is 10.3 Å². The van der Waals surface area contributed by atoms with E-state index >= 15 is 0 Å². The standard InChI is InChI=1S/C14H16N2O3/c1-10-16-9-13(19-10)14(17)15-8-7-11-3-5-12(18-2)6-4-11/h3-6,9H,7-8H2,1-2H3,(H,15,17). The van der Waals surface area contributed by atoms with Crippen LogP contribution < -0.4 is 10.1 Å². The van der Waals surface area contributed by atoms with Gasteiger partial charge in [0.1, 0.15) is 5.75 Å². The van der Waals surface area contributed by atoms with Crippen molar-refractivity contribution in [2.24, 2.45) is 0 Å². The molecule has 1 amide bonds. The van der Waals surface area contributed by atoms with Gasteiger partial charge in [0, 0.05) is 13.5 Å². The zero-order valence-corrected chi connectivity index (χ0v) is 11.0. The second-order valence-corrected chi connectivity index (χ2v) is 4.10. The summed E-state index contributed by atoms with van der Waals surface area (Å²) in [6.07, 6.45) is 2.18. The lowest BCUT2D eigenvalue weighted by molar-refractivity contribution is 0.0925. The molecule has 0 aliphatic rings. The van der Waals surface area contributed by atoms with Crippen LogP contribution in [0.3, 0.4) is 0 Å². The smallest absolute Gasteiger partial charge is 0.288 e. The lowest BCUT2D eigenvalue weighted by Gasteiger charge is -2.04. The third kappa shape index (κ3) is 3.58. The van der Waals surface area contributed by atoms with Crippen molar-refractivity contribution in [1.29, 1.82) is 0 Å². The lowest BCUT2D eigenvalue weighted by atomic mass is 10.1. The van der Waals surface area contributed by atoms with Crippen molar-refractivity contribution in [2.45, 2.75) is 13.3 Å². The number of benzene rings is 1. The number of hydrogen-bond donors (Lipinski definition) is 1. The van der Waals surface area contributed by atoms with Gasteiger partial charge in [-0.15, -0.1) is 0 Å². The second-order valence-electron chi connectivity index (χ2n) is 4.10. The molecule has 0 spiro atoms. The maximum Gasteiger partial charge on any atom is 0.288 e. The molecule has 100 valence electrons. The fourth-order valence-corrected chi connectivity index (χ4v) is 1.67. The largest absolute Gasteiger partial charge is 0.497 e. The number of ether oxygens (including phenoxy) is 1. The maximum atomic E-state index is 11.7. The Morgan fingerprint density at radius 2 is 2.11 bits per heavy atom. The molecular formula is C14H16N2O3. The second kappa shape index (κ2) is 6.04. The topological polar surface area (TPSA) is 64.4 Å². The Morgan fingerprint density at radius 3 is 2.68 bits per heavy atom. The van der Waals surface area contributed by atoms with Crippen LogP contribution in [0.5, 0.6) is 5.75 Å². The Bertz CT molecular complexity index is 546. The summed E-state index contributed by atoms with van der Waals surface area (Å²) in [5.74, 6) is 1.31. The number of oxazole rings is 1. The number of amides is 1. The molecule has 1 aromatic carbocycles. The molecule has 0 aliphatic heterocycles. The minimum atomic E-state index is -0.242. The number of aromatic nitrogens is 1. The van der Waals surface area contributed by atoms with Crippen molar-refractivity contribution in [2.75, 3.05) is 13.7 Å². The summed E-state index contributed by atoms with van der Waals surface area (Å²) in [6, 6.07) is 7.75. The van der Waals surface area contributed by atoms with Gasteiger partial charge in [-0.1, -0.05) is 12.1 Å². The average molecular weight is 260 g/mol. The summed E-state index contributed by atoms with van der Waals surface area (Å²) in [4.78, 5) is 15.6. The van der Waals surface area contributed by atoms with E-state index < -0.39 is 0 Å². The molecule has 1 heterocycles. The highest BCUT2D eigenvalue weighted by atomic mass is 16.5. The molecule has 0 saturated carbocycles. The van der Waals surface area contributed by atoms with Crippen LogP contribution in [0.15, 0.2) is 34.9 Å². The molecule has 0 atom stereocenters. The highest BCUT2D eigenvalue weighted by Gasteiger charge is 2.09. The molecule has 2 aromatic rings. The van der Waals surface area contributed by atoms with E-state index in [1.54, 1.807) is 14.0 Å². The fourth-order valence-electron chi connectivity index (χ4n) is 1.67. The number of carbonyl (C=O) groups is 1. The molecule has 0 unspecified atom stereocenters. The Balaban J connectivity index is 1.81. The summed E-state index contributed by atoms with van der Waals surface area (Å²) >= 11 is 0. The number of aryl methyl sites for hydroxylation is 1. The van der Waals surface area contributed by atoms with Gasteiger partial charge in [0.05, 0.1) is 13.3 Å². The average Bonchev–Trinajstić information content (AvgIpc) is 2.86. The van der Waals surface area contributed by atoms with Gasteiger partial charge in [-0.05, 0) is 24.1 Å². The van der Waals surface area contributed by atoms with Crippen molar-refractivity contribution >= 4 is 5.91 Å². The van der Waals surface area contributed by atoms with E-state index in [0.717, 1.165) is 17.7 Å². The molecule has 2 rings (SSSR count). The van der Waals surface area contributed by atoms with Crippen LogP contribution in [-0.4, -0.2) is 24.5 Å². The van der Waals surface area contributed by atoms with Crippen molar-refractivity contribution in [3.05, 3.63) is 47.7 Å². The monoisotopic (exact) mass is 260 g/mol. The molecule has 0 aliphatic carbocycles. The Labute approximate surface area is 111 Å². The van der Waals surface area contributed by atoms with Crippen LogP contribution in [0.4, 0.5) is 0 Å². The van der Waals surface area contributed by atoms with Gasteiger partial charge >= 0.3 is 0 Å². The molecule has 0 fully saturated rings. The number of nitrogens with zero attached hydrogens (tertiary/aromatic N) is 1. The number of carbonyl (C=O) groups excluding carboxylic acids is 1. The molecule has 0 radical (unpaired) electrons. The van der Waals surface area contributed by atoms with Crippen molar-refractivity contribution < 1.29 is 13.9 Å². The summed E-state index contributed by atoms with van der Waals surface area (Å²) in [7, 11) is 1.63. The molecule has 0 bridgehead atoms. The first-order valence-corrected chi connectivity index (χ1v) is 6.02. The first kappa shape index (κ1) is 13.1.